The van der Waals surface area contributed by atoms with Crippen LogP contribution in [0, 0.1) is 0 Å². The molecule has 0 unspecified atom stereocenters. The largest absolute Gasteiger partial charge is 0.367 e. The first-order valence-electron chi connectivity index (χ1n) is 11.2. The highest BCUT2D eigenvalue weighted by atomic mass is 35.5. The summed E-state index contributed by atoms with van der Waals surface area (Å²) in [5.41, 5.74) is 4.06. The van der Waals surface area contributed by atoms with Gasteiger partial charge in [0.1, 0.15) is 12.1 Å². The Morgan fingerprint density at radius 2 is 1.81 bits per heavy atom. The van der Waals surface area contributed by atoms with Crippen molar-refractivity contribution in [1.82, 2.24) is 19.8 Å². The molecule has 1 N–H and O–H groups in total. The van der Waals surface area contributed by atoms with E-state index >= 15 is 0 Å². The number of carbonyl (C=O) groups excluding carboxylic acids is 1. The molecule has 0 bridgehead atoms. The highest BCUT2D eigenvalue weighted by Gasteiger charge is 2.33. The average Bonchev–Trinajstić information content (AvgIpc) is 3.68. The number of rotatable bonds is 8. The Kier molecular flexibility index (Phi) is 5.74. The average molecular weight is 450 g/mol. The second-order valence-electron chi connectivity index (χ2n) is 9.17. The summed E-state index contributed by atoms with van der Waals surface area (Å²) in [6, 6.07) is 13.2. The molecule has 2 fully saturated rings. The number of aromatic nitrogens is 2. The lowest BCUT2D eigenvalue weighted by molar-refractivity contribution is -0.133. The Balaban J connectivity index is 1.45. The van der Waals surface area contributed by atoms with Crippen LogP contribution in [0.5, 0.6) is 0 Å². The predicted molar refractivity (Wildman–Crippen MR) is 129 cm³/mol. The molecule has 3 aromatic rings. The van der Waals surface area contributed by atoms with Gasteiger partial charge < -0.3 is 15.1 Å². The summed E-state index contributed by atoms with van der Waals surface area (Å²) in [7, 11) is 3.85. The number of hydrogen-bond donors (Lipinski definition) is 1. The van der Waals surface area contributed by atoms with E-state index in [1.807, 2.05) is 42.1 Å². The molecule has 2 aromatic carbocycles. The monoisotopic (exact) mass is 449 g/mol. The molecular formula is C25H28ClN5O. The SMILES string of the molecule is CN(C)CC(=O)N(Cc1cc(-c2ccc3ncnc(NC4CC4)c3c2)ccc1Cl)C1CC1. The molecule has 1 amide bonds. The number of amides is 1. The maximum atomic E-state index is 12.8. The lowest BCUT2D eigenvalue weighted by atomic mass is 10.0. The van der Waals surface area contributed by atoms with Gasteiger partial charge in [-0.25, -0.2) is 9.97 Å². The zero-order chi connectivity index (χ0) is 22.2. The van der Waals surface area contributed by atoms with Crippen molar-refractivity contribution in [1.29, 1.82) is 0 Å². The second-order valence-corrected chi connectivity index (χ2v) is 9.58. The quantitative estimate of drug-likeness (QED) is 0.545. The standard InChI is InChI=1S/C25H28ClN5O/c1-30(2)14-24(32)31(20-7-8-20)13-18-11-16(3-9-22(18)26)17-4-10-23-21(12-17)25(28-15-27-23)29-19-5-6-19/h3-4,9-12,15,19-20H,5-8,13-14H2,1-2H3,(H,27,28,29). The molecule has 0 saturated heterocycles. The van der Waals surface area contributed by atoms with Crippen LogP contribution >= 0.6 is 11.6 Å². The minimum absolute atomic E-state index is 0.151. The number of benzene rings is 2. The molecule has 0 radical (unpaired) electrons. The van der Waals surface area contributed by atoms with Crippen LogP contribution in [0.4, 0.5) is 5.82 Å². The number of nitrogens with one attached hydrogen (secondary N) is 1. The summed E-state index contributed by atoms with van der Waals surface area (Å²) in [4.78, 5) is 25.6. The number of fused-ring (bicyclic) bond motifs is 1. The summed E-state index contributed by atoms with van der Waals surface area (Å²) < 4.78 is 0. The summed E-state index contributed by atoms with van der Waals surface area (Å²) in [6.45, 7) is 0.949. The van der Waals surface area contributed by atoms with E-state index in [9.17, 15) is 4.79 Å². The summed E-state index contributed by atoms with van der Waals surface area (Å²) in [5.74, 6) is 1.04. The van der Waals surface area contributed by atoms with Crippen molar-refractivity contribution in [3.05, 3.63) is 53.3 Å². The van der Waals surface area contributed by atoms with Crippen molar-refractivity contribution < 1.29 is 4.79 Å². The van der Waals surface area contributed by atoms with Crippen molar-refractivity contribution in [2.24, 2.45) is 0 Å². The van der Waals surface area contributed by atoms with E-state index in [-0.39, 0.29) is 5.91 Å². The van der Waals surface area contributed by atoms with Gasteiger partial charge in [-0.1, -0.05) is 23.7 Å². The van der Waals surface area contributed by atoms with Crippen LogP contribution in [0.3, 0.4) is 0 Å². The molecule has 1 aromatic heterocycles. The van der Waals surface area contributed by atoms with E-state index in [0.29, 0.717) is 30.2 Å². The lowest BCUT2D eigenvalue weighted by Gasteiger charge is -2.25. The van der Waals surface area contributed by atoms with Crippen LogP contribution in [0.25, 0.3) is 22.0 Å². The van der Waals surface area contributed by atoms with E-state index in [0.717, 1.165) is 46.3 Å². The Morgan fingerprint density at radius 3 is 2.53 bits per heavy atom. The van der Waals surface area contributed by atoms with Crippen LogP contribution in [-0.2, 0) is 11.3 Å². The molecule has 0 aliphatic heterocycles. The maximum absolute atomic E-state index is 12.8. The molecule has 0 spiro atoms. The third-order valence-electron chi connectivity index (χ3n) is 6.03. The van der Waals surface area contributed by atoms with Gasteiger partial charge in [0.25, 0.3) is 0 Å². The smallest absolute Gasteiger partial charge is 0.237 e. The van der Waals surface area contributed by atoms with Gasteiger partial charge in [-0.3, -0.25) is 4.79 Å². The second kappa shape index (κ2) is 8.68. The van der Waals surface area contributed by atoms with E-state index in [2.05, 4.69) is 33.5 Å². The Hall–Kier alpha value is -2.70. The summed E-state index contributed by atoms with van der Waals surface area (Å²) in [6.07, 6.45) is 6.13. The number of nitrogens with zero attached hydrogens (tertiary/aromatic N) is 4. The molecule has 6 nitrogen and oxygen atoms in total. The Labute approximate surface area is 193 Å². The van der Waals surface area contributed by atoms with Gasteiger partial charge in [0.2, 0.25) is 5.91 Å². The number of anilines is 1. The van der Waals surface area contributed by atoms with E-state index in [1.54, 1.807) is 6.33 Å². The van der Waals surface area contributed by atoms with E-state index in [4.69, 9.17) is 11.6 Å². The maximum Gasteiger partial charge on any atom is 0.237 e. The molecule has 2 saturated carbocycles. The van der Waals surface area contributed by atoms with E-state index in [1.165, 1.54) is 12.8 Å². The predicted octanol–water partition coefficient (Wildman–Crippen LogP) is 4.58. The van der Waals surface area contributed by atoms with Crippen molar-refractivity contribution in [2.45, 2.75) is 44.3 Å². The first-order valence-corrected chi connectivity index (χ1v) is 11.6. The molecule has 1 heterocycles. The third kappa shape index (κ3) is 4.71. The minimum atomic E-state index is 0.151. The summed E-state index contributed by atoms with van der Waals surface area (Å²) in [5, 5.41) is 5.23. The highest BCUT2D eigenvalue weighted by molar-refractivity contribution is 6.31. The molecule has 7 heteroatoms. The van der Waals surface area contributed by atoms with Crippen LogP contribution in [0.15, 0.2) is 42.7 Å². The van der Waals surface area contributed by atoms with Crippen LogP contribution < -0.4 is 5.32 Å². The van der Waals surface area contributed by atoms with Gasteiger partial charge in [-0.2, -0.15) is 0 Å². The first kappa shape index (κ1) is 21.2. The van der Waals surface area contributed by atoms with Crippen LogP contribution in [-0.4, -0.2) is 58.4 Å². The van der Waals surface area contributed by atoms with Crippen LogP contribution in [0.1, 0.15) is 31.2 Å². The fourth-order valence-corrected chi connectivity index (χ4v) is 4.18. The topological polar surface area (TPSA) is 61.4 Å². The minimum Gasteiger partial charge on any atom is -0.367 e. The molecule has 2 aliphatic carbocycles. The van der Waals surface area contributed by atoms with Crippen molar-refractivity contribution in [3.8, 4) is 11.1 Å². The van der Waals surface area contributed by atoms with Crippen LogP contribution in [0.2, 0.25) is 5.02 Å². The lowest BCUT2D eigenvalue weighted by Crippen LogP contribution is -2.38. The Bertz CT molecular complexity index is 1160. The number of halogens is 1. The molecule has 32 heavy (non-hydrogen) atoms. The summed E-state index contributed by atoms with van der Waals surface area (Å²) >= 11 is 6.57. The number of carbonyl (C=O) groups is 1. The van der Waals surface area contributed by atoms with Gasteiger partial charge >= 0.3 is 0 Å². The molecular weight excluding hydrogens is 422 g/mol. The Morgan fingerprint density at radius 1 is 1.06 bits per heavy atom. The van der Waals surface area contributed by atoms with Crippen molar-refractivity contribution in [2.75, 3.05) is 26.0 Å². The van der Waals surface area contributed by atoms with Crippen molar-refractivity contribution >= 4 is 34.2 Å². The number of hydrogen-bond acceptors (Lipinski definition) is 5. The van der Waals surface area contributed by atoms with Gasteiger partial charge in [0.15, 0.2) is 0 Å². The van der Waals surface area contributed by atoms with Crippen molar-refractivity contribution in [3.63, 3.8) is 0 Å². The molecule has 5 rings (SSSR count). The first-order chi connectivity index (χ1) is 15.5. The fourth-order valence-electron chi connectivity index (χ4n) is 4.00. The number of likely N-dealkylation sites (N-methyl/N-ethyl adjacent to an activating group) is 1. The third-order valence-corrected chi connectivity index (χ3v) is 6.40. The van der Waals surface area contributed by atoms with Gasteiger partial charge in [0.05, 0.1) is 12.1 Å². The molecule has 166 valence electrons. The highest BCUT2D eigenvalue weighted by Crippen LogP contribution is 2.34. The normalized spacial score (nSPS) is 15.9. The van der Waals surface area contributed by atoms with E-state index < -0.39 is 0 Å². The van der Waals surface area contributed by atoms with Gasteiger partial charge in [-0.15, -0.1) is 0 Å². The zero-order valence-electron chi connectivity index (χ0n) is 18.5. The fraction of sp³-hybridized carbons (Fsp3) is 0.400. The van der Waals surface area contributed by atoms with Gasteiger partial charge in [0, 0.05) is 29.0 Å². The molecule has 2 aliphatic rings. The zero-order valence-corrected chi connectivity index (χ0v) is 19.3. The molecule has 0 atom stereocenters. The van der Waals surface area contributed by atoms with Gasteiger partial charge in [-0.05, 0) is 80.7 Å².